The van der Waals surface area contributed by atoms with Crippen molar-refractivity contribution in [1.82, 2.24) is 4.98 Å². The number of rotatable bonds is 5. The van der Waals surface area contributed by atoms with Crippen LogP contribution in [0.1, 0.15) is 31.7 Å². The highest BCUT2D eigenvalue weighted by atomic mass is 32.1. The van der Waals surface area contributed by atoms with Crippen LogP contribution in [0.5, 0.6) is 0 Å². The van der Waals surface area contributed by atoms with E-state index in [-0.39, 0.29) is 0 Å². The van der Waals surface area contributed by atoms with Gasteiger partial charge in [0, 0.05) is 11.4 Å². The number of fused-ring (bicyclic) bond motifs is 1. The minimum Gasteiger partial charge on any atom is -0.389 e. The van der Waals surface area contributed by atoms with E-state index in [0.29, 0.717) is 11.0 Å². The van der Waals surface area contributed by atoms with Crippen LogP contribution in [0, 0.1) is 5.92 Å². The number of nitrogens with two attached hydrogens (primary N) is 1. The second kappa shape index (κ2) is 5.37. The van der Waals surface area contributed by atoms with Gasteiger partial charge in [0.1, 0.15) is 10.8 Å². The Hall–Kier alpha value is -1.68. The second-order valence-corrected chi connectivity index (χ2v) is 5.92. The summed E-state index contributed by atoms with van der Waals surface area (Å²) in [5, 5.41) is 4.59. The number of para-hydroxylation sites is 1. The first kappa shape index (κ1) is 13.3. The van der Waals surface area contributed by atoms with Gasteiger partial charge in [0.05, 0.1) is 11.1 Å². The van der Waals surface area contributed by atoms with Crippen LogP contribution in [0.4, 0.5) is 5.82 Å². The highest BCUT2D eigenvalue weighted by Crippen LogP contribution is 2.37. The maximum atomic E-state index is 5.85. The molecule has 3 rings (SSSR count). The maximum absolute atomic E-state index is 5.85. The van der Waals surface area contributed by atoms with E-state index >= 15 is 0 Å². The Bertz CT molecular complexity index is 653. The molecule has 1 aromatic carbocycles. The lowest BCUT2D eigenvalue weighted by molar-refractivity contribution is 0.692. The van der Waals surface area contributed by atoms with Crippen molar-refractivity contribution < 1.29 is 0 Å². The first-order valence-corrected chi connectivity index (χ1v) is 7.56. The summed E-state index contributed by atoms with van der Waals surface area (Å²) in [4.78, 5) is 5.09. The molecule has 20 heavy (non-hydrogen) atoms. The molecule has 4 heteroatoms. The molecule has 0 spiro atoms. The smallest absolute Gasteiger partial charge is 0.137 e. The Kier molecular flexibility index (Phi) is 3.57. The van der Waals surface area contributed by atoms with Crippen LogP contribution < -0.4 is 11.1 Å². The van der Waals surface area contributed by atoms with E-state index in [9.17, 15) is 0 Å². The third-order valence-corrected chi connectivity index (χ3v) is 4.11. The summed E-state index contributed by atoms with van der Waals surface area (Å²) in [6, 6.07) is 10.6. The Morgan fingerprint density at radius 2 is 2.25 bits per heavy atom. The average molecular weight is 285 g/mol. The summed E-state index contributed by atoms with van der Waals surface area (Å²) in [5.41, 5.74) is 7.67. The molecule has 0 bridgehead atoms. The van der Waals surface area contributed by atoms with Gasteiger partial charge in [0.15, 0.2) is 0 Å². The Labute approximate surface area is 124 Å². The molecule has 1 aliphatic rings. The number of pyridine rings is 1. The van der Waals surface area contributed by atoms with Gasteiger partial charge in [0.2, 0.25) is 0 Å². The third-order valence-electron chi connectivity index (χ3n) is 3.89. The van der Waals surface area contributed by atoms with Gasteiger partial charge in [-0.3, -0.25) is 0 Å². The first-order chi connectivity index (χ1) is 9.69. The van der Waals surface area contributed by atoms with Gasteiger partial charge in [0.25, 0.3) is 0 Å². The zero-order chi connectivity index (χ0) is 14.1. The summed E-state index contributed by atoms with van der Waals surface area (Å²) in [7, 11) is 0. The number of thiocarbonyl (C=S) groups is 1. The van der Waals surface area contributed by atoms with Crippen molar-refractivity contribution in [2.75, 3.05) is 5.32 Å². The molecule has 1 heterocycles. The van der Waals surface area contributed by atoms with E-state index in [2.05, 4.69) is 12.2 Å². The van der Waals surface area contributed by atoms with Crippen molar-refractivity contribution in [3.8, 4) is 0 Å². The topological polar surface area (TPSA) is 50.9 Å². The van der Waals surface area contributed by atoms with Gasteiger partial charge in [-0.05, 0) is 30.9 Å². The molecule has 1 aliphatic carbocycles. The van der Waals surface area contributed by atoms with E-state index in [1.807, 2.05) is 30.3 Å². The molecule has 1 saturated carbocycles. The summed E-state index contributed by atoms with van der Waals surface area (Å²) in [5.74, 6) is 1.60. The average Bonchev–Trinajstić information content (AvgIpc) is 3.16. The molecule has 3 N–H and O–H groups in total. The molecule has 0 amide bonds. The van der Waals surface area contributed by atoms with Crippen LogP contribution in [0.15, 0.2) is 30.3 Å². The highest BCUT2D eigenvalue weighted by Gasteiger charge is 2.36. The highest BCUT2D eigenvalue weighted by molar-refractivity contribution is 7.80. The number of hydrogen-bond acceptors (Lipinski definition) is 3. The van der Waals surface area contributed by atoms with E-state index in [4.69, 9.17) is 22.9 Å². The monoisotopic (exact) mass is 285 g/mol. The van der Waals surface area contributed by atoms with E-state index in [1.165, 1.54) is 19.3 Å². The van der Waals surface area contributed by atoms with Gasteiger partial charge in [-0.15, -0.1) is 0 Å². The quantitative estimate of drug-likeness (QED) is 0.826. The number of anilines is 1. The third kappa shape index (κ3) is 2.61. The van der Waals surface area contributed by atoms with Gasteiger partial charge in [-0.1, -0.05) is 43.8 Å². The standard InChI is InChI=1S/C16H19N3S/c1-2-5-10-9-14(10)19-16-12(15(17)20)8-11-6-3-4-7-13(11)18-16/h3-4,6-8,10,14H,2,5,9H2,1H3,(H2,17,20)(H,18,19). The minimum atomic E-state index is 0.401. The Morgan fingerprint density at radius 1 is 1.45 bits per heavy atom. The number of hydrogen-bond donors (Lipinski definition) is 2. The maximum Gasteiger partial charge on any atom is 0.137 e. The first-order valence-electron chi connectivity index (χ1n) is 7.15. The molecule has 1 aromatic heterocycles. The lowest BCUT2D eigenvalue weighted by Crippen LogP contribution is -2.16. The minimum absolute atomic E-state index is 0.401. The summed E-state index contributed by atoms with van der Waals surface area (Å²) >= 11 is 5.16. The van der Waals surface area contributed by atoms with E-state index in [0.717, 1.165) is 28.2 Å². The molecule has 0 saturated heterocycles. The molecule has 3 nitrogen and oxygen atoms in total. The van der Waals surface area contributed by atoms with Gasteiger partial charge in [-0.2, -0.15) is 0 Å². The van der Waals surface area contributed by atoms with Crippen molar-refractivity contribution in [2.45, 2.75) is 32.2 Å². The summed E-state index contributed by atoms with van der Waals surface area (Å²) in [6.07, 6.45) is 3.73. The van der Waals surface area contributed by atoms with E-state index in [1.54, 1.807) is 0 Å². The van der Waals surface area contributed by atoms with Gasteiger partial charge in [-0.25, -0.2) is 4.98 Å². The molecule has 0 radical (unpaired) electrons. The van der Waals surface area contributed by atoms with Crippen LogP contribution in [-0.2, 0) is 0 Å². The second-order valence-electron chi connectivity index (χ2n) is 5.48. The van der Waals surface area contributed by atoms with Crippen LogP contribution in [0.25, 0.3) is 10.9 Å². The molecule has 2 atom stereocenters. The molecular weight excluding hydrogens is 266 g/mol. The van der Waals surface area contributed by atoms with Crippen molar-refractivity contribution >= 4 is 33.9 Å². The SMILES string of the molecule is CCCC1CC1Nc1nc2ccccc2cc1C(N)=S. The number of nitrogens with one attached hydrogen (secondary N) is 1. The van der Waals surface area contributed by atoms with Crippen molar-refractivity contribution in [3.63, 3.8) is 0 Å². The molecule has 0 aliphatic heterocycles. The fraction of sp³-hybridized carbons (Fsp3) is 0.375. The van der Waals surface area contributed by atoms with Crippen LogP contribution in [0.2, 0.25) is 0 Å². The van der Waals surface area contributed by atoms with Crippen LogP contribution in [0.3, 0.4) is 0 Å². The van der Waals surface area contributed by atoms with Crippen molar-refractivity contribution in [2.24, 2.45) is 11.7 Å². The normalized spacial score (nSPS) is 20.9. The zero-order valence-electron chi connectivity index (χ0n) is 11.6. The molecule has 2 unspecified atom stereocenters. The van der Waals surface area contributed by atoms with Crippen molar-refractivity contribution in [3.05, 3.63) is 35.9 Å². The number of aromatic nitrogens is 1. The van der Waals surface area contributed by atoms with Gasteiger partial charge >= 0.3 is 0 Å². The van der Waals surface area contributed by atoms with Crippen LogP contribution in [-0.4, -0.2) is 16.0 Å². The molecular formula is C16H19N3S. The summed E-state index contributed by atoms with van der Waals surface area (Å²) in [6.45, 7) is 2.23. The molecule has 1 fully saturated rings. The number of benzene rings is 1. The predicted molar refractivity (Wildman–Crippen MR) is 88.1 cm³/mol. The lowest BCUT2D eigenvalue weighted by Gasteiger charge is -2.11. The fourth-order valence-electron chi connectivity index (χ4n) is 2.70. The van der Waals surface area contributed by atoms with E-state index < -0.39 is 0 Å². The fourth-order valence-corrected chi connectivity index (χ4v) is 2.86. The largest absolute Gasteiger partial charge is 0.389 e. The van der Waals surface area contributed by atoms with Crippen molar-refractivity contribution in [1.29, 1.82) is 0 Å². The summed E-state index contributed by atoms with van der Waals surface area (Å²) < 4.78 is 0. The van der Waals surface area contributed by atoms with Crippen LogP contribution >= 0.6 is 12.2 Å². The van der Waals surface area contributed by atoms with Gasteiger partial charge < -0.3 is 11.1 Å². The number of nitrogens with zero attached hydrogens (tertiary/aromatic N) is 1. The lowest BCUT2D eigenvalue weighted by atomic mass is 10.1. The molecule has 104 valence electrons. The Morgan fingerprint density at radius 3 is 3.00 bits per heavy atom. The molecule has 2 aromatic rings. The zero-order valence-corrected chi connectivity index (χ0v) is 12.4. The Balaban J connectivity index is 1.92. The predicted octanol–water partition coefficient (Wildman–Crippen LogP) is 3.47.